The van der Waals surface area contributed by atoms with Gasteiger partial charge in [-0.15, -0.1) is 10.2 Å². The number of hydrogen-bond acceptors (Lipinski definition) is 5. The van der Waals surface area contributed by atoms with Crippen LogP contribution in [0.1, 0.15) is 33.6 Å². The predicted octanol–water partition coefficient (Wildman–Crippen LogP) is 3.53. The summed E-state index contributed by atoms with van der Waals surface area (Å²) < 4.78 is 2.00. The van der Waals surface area contributed by atoms with E-state index in [0.29, 0.717) is 10.2 Å². The lowest BCUT2D eigenvalue weighted by Crippen LogP contribution is -2.36. The molecule has 0 saturated carbocycles. The highest BCUT2D eigenvalue weighted by atomic mass is 35.5. The van der Waals surface area contributed by atoms with Crippen LogP contribution in [-0.2, 0) is 4.79 Å². The topological polar surface area (TPSA) is 63.1 Å². The van der Waals surface area contributed by atoms with E-state index >= 15 is 0 Å². The summed E-state index contributed by atoms with van der Waals surface area (Å²) in [4.78, 5) is 14.5. The zero-order valence-electron chi connectivity index (χ0n) is 15.3. The summed E-state index contributed by atoms with van der Waals surface area (Å²) in [6.07, 6.45) is 2.30. The Hall–Kier alpha value is -1.73. The number of halogens is 1. The molecule has 0 spiro atoms. The first-order valence-corrected chi connectivity index (χ1v) is 10.1. The molecule has 6 nitrogen and oxygen atoms in total. The Morgan fingerprint density at radius 2 is 1.96 bits per heavy atom. The van der Waals surface area contributed by atoms with Crippen molar-refractivity contribution in [2.24, 2.45) is 0 Å². The fraction of sp³-hybridized carbons (Fsp3) is 0.500. The molecule has 2 heterocycles. The van der Waals surface area contributed by atoms with Crippen LogP contribution in [0.4, 0.5) is 5.95 Å². The smallest absolute Gasteiger partial charge is 0.233 e. The lowest BCUT2D eigenvalue weighted by atomic mass is 10.3. The van der Waals surface area contributed by atoms with E-state index in [1.54, 1.807) is 0 Å². The molecular formula is C18H24ClN5OS. The van der Waals surface area contributed by atoms with E-state index in [1.165, 1.54) is 11.8 Å². The molecule has 0 bridgehead atoms. The lowest BCUT2D eigenvalue weighted by Gasteiger charge is -2.19. The van der Waals surface area contributed by atoms with E-state index in [1.807, 2.05) is 49.6 Å². The number of nitrogens with zero attached hydrogens (tertiary/aromatic N) is 4. The van der Waals surface area contributed by atoms with Gasteiger partial charge >= 0.3 is 0 Å². The minimum absolute atomic E-state index is 0.00614. The van der Waals surface area contributed by atoms with Gasteiger partial charge in [-0.25, -0.2) is 0 Å². The lowest BCUT2D eigenvalue weighted by molar-refractivity contribution is -0.120. The van der Waals surface area contributed by atoms with E-state index in [0.717, 1.165) is 37.6 Å². The molecule has 3 rings (SSSR count). The number of amides is 1. The number of nitrogens with one attached hydrogen (secondary N) is 1. The van der Waals surface area contributed by atoms with Crippen molar-refractivity contribution in [3.8, 4) is 5.69 Å². The van der Waals surface area contributed by atoms with Crippen LogP contribution >= 0.6 is 23.4 Å². The van der Waals surface area contributed by atoms with Crippen molar-refractivity contribution in [3.63, 3.8) is 0 Å². The second-order valence-corrected chi connectivity index (χ2v) is 8.46. The van der Waals surface area contributed by atoms with Crippen LogP contribution in [0.15, 0.2) is 29.4 Å². The highest BCUT2D eigenvalue weighted by Crippen LogP contribution is 2.31. The summed E-state index contributed by atoms with van der Waals surface area (Å²) in [5.74, 6) is 0.803. The average Bonchev–Trinajstić information content (AvgIpc) is 3.23. The van der Waals surface area contributed by atoms with Crippen molar-refractivity contribution in [1.29, 1.82) is 0 Å². The molecule has 0 radical (unpaired) electrons. The third kappa shape index (κ3) is 4.32. The zero-order chi connectivity index (χ0) is 18.7. The van der Waals surface area contributed by atoms with Crippen LogP contribution in [0.25, 0.3) is 5.69 Å². The molecule has 1 N–H and O–H groups in total. The van der Waals surface area contributed by atoms with Gasteiger partial charge in [0.1, 0.15) is 0 Å². The van der Waals surface area contributed by atoms with Crippen LogP contribution < -0.4 is 10.2 Å². The van der Waals surface area contributed by atoms with Crippen molar-refractivity contribution in [3.05, 3.63) is 29.3 Å². The number of carbonyl (C=O) groups excluding carboxylic acids is 1. The molecule has 1 aliphatic rings. The van der Waals surface area contributed by atoms with Crippen LogP contribution in [0.5, 0.6) is 0 Å². The van der Waals surface area contributed by atoms with Crippen molar-refractivity contribution >= 4 is 35.2 Å². The van der Waals surface area contributed by atoms with E-state index in [2.05, 4.69) is 20.4 Å². The van der Waals surface area contributed by atoms with Crippen molar-refractivity contribution in [2.45, 2.75) is 50.1 Å². The first-order chi connectivity index (χ1) is 12.5. The molecule has 26 heavy (non-hydrogen) atoms. The number of aromatic nitrogens is 3. The Kier molecular flexibility index (Phi) is 6.09. The van der Waals surface area contributed by atoms with Gasteiger partial charge in [0, 0.05) is 24.2 Å². The Morgan fingerprint density at radius 1 is 1.23 bits per heavy atom. The summed E-state index contributed by atoms with van der Waals surface area (Å²) in [5.41, 5.74) is 0.906. The van der Waals surface area contributed by atoms with Gasteiger partial charge < -0.3 is 10.2 Å². The van der Waals surface area contributed by atoms with Gasteiger partial charge in [0.05, 0.1) is 10.9 Å². The minimum Gasteiger partial charge on any atom is -0.353 e. The Balaban J connectivity index is 1.93. The third-order valence-corrected chi connectivity index (χ3v) is 5.43. The average molecular weight is 394 g/mol. The van der Waals surface area contributed by atoms with E-state index < -0.39 is 0 Å². The van der Waals surface area contributed by atoms with Gasteiger partial charge in [-0.3, -0.25) is 9.36 Å². The Labute approximate surface area is 163 Å². The van der Waals surface area contributed by atoms with Gasteiger partial charge in [0.2, 0.25) is 11.9 Å². The van der Waals surface area contributed by atoms with Gasteiger partial charge in [-0.1, -0.05) is 29.4 Å². The second-order valence-electron chi connectivity index (χ2n) is 6.72. The van der Waals surface area contributed by atoms with Crippen LogP contribution in [0.3, 0.4) is 0 Å². The predicted molar refractivity (Wildman–Crippen MR) is 106 cm³/mol. The number of hydrogen-bond donors (Lipinski definition) is 1. The molecule has 1 aromatic heterocycles. The quantitative estimate of drug-likeness (QED) is 0.760. The Morgan fingerprint density at radius 3 is 2.62 bits per heavy atom. The maximum absolute atomic E-state index is 12.3. The first kappa shape index (κ1) is 19.0. The van der Waals surface area contributed by atoms with Gasteiger partial charge in [-0.2, -0.15) is 0 Å². The highest BCUT2D eigenvalue weighted by molar-refractivity contribution is 8.00. The molecule has 1 fully saturated rings. The maximum atomic E-state index is 12.3. The van der Waals surface area contributed by atoms with Crippen molar-refractivity contribution in [2.75, 3.05) is 18.0 Å². The van der Waals surface area contributed by atoms with E-state index in [-0.39, 0.29) is 17.2 Å². The number of anilines is 1. The normalized spacial score (nSPS) is 15.5. The monoisotopic (exact) mass is 393 g/mol. The van der Waals surface area contributed by atoms with Crippen LogP contribution in [-0.4, -0.2) is 45.1 Å². The third-order valence-electron chi connectivity index (χ3n) is 4.15. The largest absolute Gasteiger partial charge is 0.353 e. The molecule has 1 unspecified atom stereocenters. The number of thioether (sulfide) groups is 1. The SMILES string of the molecule is CC(C)NC(=O)C(C)Sc1nnc(N2CCCC2)n1-c1cccc(Cl)c1. The summed E-state index contributed by atoms with van der Waals surface area (Å²) in [5, 5.41) is 12.8. The molecule has 1 aliphatic heterocycles. The standard InChI is InChI=1S/C18H24ClN5OS/c1-12(2)20-16(25)13(3)26-18-22-21-17(23-9-4-5-10-23)24(18)15-8-6-7-14(19)11-15/h6-8,11-13H,4-5,9-10H2,1-3H3,(H,20,25). The first-order valence-electron chi connectivity index (χ1n) is 8.89. The zero-order valence-corrected chi connectivity index (χ0v) is 16.8. The highest BCUT2D eigenvalue weighted by Gasteiger charge is 2.25. The minimum atomic E-state index is -0.272. The molecule has 0 aliphatic carbocycles. The van der Waals surface area contributed by atoms with Gasteiger partial charge in [0.15, 0.2) is 5.16 Å². The molecule has 1 amide bonds. The molecular weight excluding hydrogens is 370 g/mol. The number of benzene rings is 1. The fourth-order valence-corrected chi connectivity index (χ4v) is 3.97. The second kappa shape index (κ2) is 8.31. The summed E-state index contributed by atoms with van der Waals surface area (Å²) in [6, 6.07) is 7.74. The van der Waals surface area contributed by atoms with E-state index in [4.69, 9.17) is 11.6 Å². The van der Waals surface area contributed by atoms with E-state index in [9.17, 15) is 4.79 Å². The number of rotatable bonds is 6. The van der Waals surface area contributed by atoms with Crippen molar-refractivity contribution in [1.82, 2.24) is 20.1 Å². The molecule has 1 saturated heterocycles. The summed E-state index contributed by atoms with van der Waals surface area (Å²) in [7, 11) is 0. The van der Waals surface area contributed by atoms with Crippen molar-refractivity contribution < 1.29 is 4.79 Å². The summed E-state index contributed by atoms with van der Waals surface area (Å²) >= 11 is 7.61. The molecule has 2 aromatic rings. The van der Waals surface area contributed by atoms with Gasteiger partial charge in [-0.05, 0) is 51.8 Å². The fourth-order valence-electron chi connectivity index (χ4n) is 2.92. The molecule has 140 valence electrons. The maximum Gasteiger partial charge on any atom is 0.233 e. The molecule has 8 heteroatoms. The van der Waals surface area contributed by atoms with Crippen LogP contribution in [0.2, 0.25) is 5.02 Å². The molecule has 1 aromatic carbocycles. The van der Waals surface area contributed by atoms with Gasteiger partial charge in [0.25, 0.3) is 0 Å². The Bertz CT molecular complexity index is 773. The summed E-state index contributed by atoms with van der Waals surface area (Å²) in [6.45, 7) is 7.72. The van der Waals surface area contributed by atoms with Crippen LogP contribution in [0, 0.1) is 0 Å². The molecule has 1 atom stereocenters. The number of carbonyl (C=O) groups is 1.